The van der Waals surface area contributed by atoms with Gasteiger partial charge in [-0.2, -0.15) is 0 Å². The van der Waals surface area contributed by atoms with Gasteiger partial charge in [-0.1, -0.05) is 18.2 Å². The van der Waals surface area contributed by atoms with E-state index in [1.54, 1.807) is 0 Å². The van der Waals surface area contributed by atoms with Crippen molar-refractivity contribution in [1.29, 1.82) is 0 Å². The first-order valence-corrected chi connectivity index (χ1v) is 5.95. The SMILES string of the molecule is O=C1c2ccccc2N=CC2=CC3(CC3)CN12. The first kappa shape index (κ1) is 9.16. The van der Waals surface area contributed by atoms with Gasteiger partial charge in [0.1, 0.15) is 0 Å². The summed E-state index contributed by atoms with van der Waals surface area (Å²) in [5.74, 6) is 0.0909. The van der Waals surface area contributed by atoms with Crippen LogP contribution in [0.25, 0.3) is 0 Å². The highest BCUT2D eigenvalue weighted by molar-refractivity contribution is 6.06. The zero-order valence-electron chi connectivity index (χ0n) is 9.39. The topological polar surface area (TPSA) is 32.7 Å². The lowest BCUT2D eigenvalue weighted by atomic mass is 10.1. The molecule has 0 aromatic heterocycles. The highest BCUT2D eigenvalue weighted by Crippen LogP contribution is 2.52. The van der Waals surface area contributed by atoms with E-state index in [-0.39, 0.29) is 11.3 Å². The summed E-state index contributed by atoms with van der Waals surface area (Å²) in [5.41, 5.74) is 2.75. The molecule has 0 bridgehead atoms. The van der Waals surface area contributed by atoms with Gasteiger partial charge in [-0.25, -0.2) is 0 Å². The summed E-state index contributed by atoms with van der Waals surface area (Å²) in [6, 6.07) is 7.55. The first-order chi connectivity index (χ1) is 8.27. The number of para-hydroxylation sites is 1. The third-order valence-electron chi connectivity index (χ3n) is 3.85. The molecule has 1 spiro atoms. The predicted octanol–water partition coefficient (Wildman–Crippen LogP) is 2.52. The van der Waals surface area contributed by atoms with E-state index in [0.717, 1.165) is 17.9 Å². The summed E-state index contributed by atoms with van der Waals surface area (Å²) in [5, 5.41) is 0. The molecule has 1 aliphatic carbocycles. The monoisotopic (exact) mass is 224 g/mol. The number of aliphatic imine (C=N–C) groups is 1. The third-order valence-corrected chi connectivity index (χ3v) is 3.85. The summed E-state index contributed by atoms with van der Waals surface area (Å²) < 4.78 is 0. The Morgan fingerprint density at radius 1 is 1.24 bits per heavy atom. The van der Waals surface area contributed by atoms with Gasteiger partial charge in [0.05, 0.1) is 23.2 Å². The van der Waals surface area contributed by atoms with Crippen molar-refractivity contribution in [3.63, 3.8) is 0 Å². The zero-order chi connectivity index (χ0) is 11.5. The molecule has 0 N–H and O–H groups in total. The molecule has 17 heavy (non-hydrogen) atoms. The second-order valence-corrected chi connectivity index (χ2v) is 5.10. The summed E-state index contributed by atoms with van der Waals surface area (Å²) >= 11 is 0. The number of fused-ring (bicyclic) bond motifs is 2. The second-order valence-electron chi connectivity index (χ2n) is 5.10. The molecule has 3 aliphatic rings. The van der Waals surface area contributed by atoms with Gasteiger partial charge in [0.25, 0.3) is 5.91 Å². The summed E-state index contributed by atoms with van der Waals surface area (Å²) in [6.07, 6.45) is 6.46. The van der Waals surface area contributed by atoms with E-state index in [0.29, 0.717) is 5.56 Å². The molecule has 2 heterocycles. The van der Waals surface area contributed by atoms with Crippen molar-refractivity contribution >= 4 is 17.8 Å². The molecule has 2 aliphatic heterocycles. The molecule has 0 unspecified atom stereocenters. The molecule has 84 valence electrons. The van der Waals surface area contributed by atoms with Crippen molar-refractivity contribution in [1.82, 2.24) is 4.90 Å². The van der Waals surface area contributed by atoms with Gasteiger partial charge in [-0.15, -0.1) is 0 Å². The average Bonchev–Trinajstić information content (AvgIpc) is 3.01. The summed E-state index contributed by atoms with van der Waals surface area (Å²) in [6.45, 7) is 0.835. The lowest BCUT2D eigenvalue weighted by Gasteiger charge is -2.17. The Morgan fingerprint density at radius 3 is 2.88 bits per heavy atom. The van der Waals surface area contributed by atoms with Crippen LogP contribution >= 0.6 is 0 Å². The number of carbonyl (C=O) groups is 1. The Kier molecular flexibility index (Phi) is 1.54. The highest BCUT2D eigenvalue weighted by atomic mass is 16.2. The maximum Gasteiger partial charge on any atom is 0.260 e. The van der Waals surface area contributed by atoms with Crippen LogP contribution in [0.5, 0.6) is 0 Å². The van der Waals surface area contributed by atoms with Gasteiger partial charge in [-0.05, 0) is 25.0 Å². The minimum atomic E-state index is 0.0909. The van der Waals surface area contributed by atoms with Gasteiger partial charge in [0, 0.05) is 12.0 Å². The van der Waals surface area contributed by atoms with Crippen LogP contribution in [-0.4, -0.2) is 23.6 Å². The van der Waals surface area contributed by atoms with Gasteiger partial charge in [0.15, 0.2) is 0 Å². The van der Waals surface area contributed by atoms with Crippen LogP contribution in [-0.2, 0) is 0 Å². The molecular formula is C14H12N2O. The van der Waals surface area contributed by atoms with E-state index >= 15 is 0 Å². The van der Waals surface area contributed by atoms with E-state index in [9.17, 15) is 4.79 Å². The summed E-state index contributed by atoms with van der Waals surface area (Å²) in [7, 11) is 0. The van der Waals surface area contributed by atoms with E-state index < -0.39 is 0 Å². The van der Waals surface area contributed by atoms with Crippen molar-refractivity contribution in [3.05, 3.63) is 41.6 Å². The van der Waals surface area contributed by atoms with Crippen molar-refractivity contribution in [2.45, 2.75) is 12.8 Å². The largest absolute Gasteiger partial charge is 0.306 e. The van der Waals surface area contributed by atoms with E-state index in [2.05, 4.69) is 11.1 Å². The number of carbonyl (C=O) groups excluding carboxylic acids is 1. The molecule has 1 aromatic rings. The fourth-order valence-electron chi connectivity index (χ4n) is 2.65. The minimum absolute atomic E-state index is 0.0909. The molecule has 0 radical (unpaired) electrons. The number of rotatable bonds is 0. The molecule has 1 fully saturated rings. The van der Waals surface area contributed by atoms with Crippen molar-refractivity contribution < 1.29 is 4.79 Å². The van der Waals surface area contributed by atoms with Crippen LogP contribution in [0.15, 0.2) is 41.0 Å². The third kappa shape index (κ3) is 1.22. The van der Waals surface area contributed by atoms with Crippen LogP contribution in [0.1, 0.15) is 23.2 Å². The number of hydrogen-bond acceptors (Lipinski definition) is 2. The molecule has 1 saturated carbocycles. The second kappa shape index (κ2) is 2.86. The minimum Gasteiger partial charge on any atom is -0.306 e. The number of allylic oxidation sites excluding steroid dienone is 1. The lowest BCUT2D eigenvalue weighted by molar-refractivity contribution is 0.0816. The molecule has 0 saturated heterocycles. The maximum atomic E-state index is 12.4. The Labute approximate surface area is 99.5 Å². The molecule has 3 nitrogen and oxygen atoms in total. The standard InChI is InChI=1S/C14H12N2O/c17-13-11-3-1-2-4-12(11)15-8-10-7-14(5-6-14)9-16(10)13/h1-4,7-8H,5-6,9H2. The number of benzene rings is 1. The van der Waals surface area contributed by atoms with Gasteiger partial charge in [0.2, 0.25) is 0 Å². The maximum absolute atomic E-state index is 12.4. The molecule has 4 rings (SSSR count). The van der Waals surface area contributed by atoms with Crippen molar-refractivity contribution in [3.8, 4) is 0 Å². The van der Waals surface area contributed by atoms with E-state index in [4.69, 9.17) is 0 Å². The highest BCUT2D eigenvalue weighted by Gasteiger charge is 2.48. The fourth-order valence-corrected chi connectivity index (χ4v) is 2.65. The Bertz CT molecular complexity index is 582. The molecule has 1 aromatic carbocycles. The summed E-state index contributed by atoms with van der Waals surface area (Å²) in [4.78, 5) is 18.7. The lowest BCUT2D eigenvalue weighted by Crippen LogP contribution is -2.29. The Morgan fingerprint density at radius 2 is 2.06 bits per heavy atom. The normalized spacial score (nSPS) is 23.2. The average molecular weight is 224 g/mol. The van der Waals surface area contributed by atoms with E-state index in [1.807, 2.05) is 35.4 Å². The van der Waals surface area contributed by atoms with Crippen LogP contribution in [0.2, 0.25) is 0 Å². The van der Waals surface area contributed by atoms with Crippen molar-refractivity contribution in [2.24, 2.45) is 10.4 Å². The Hall–Kier alpha value is -1.90. The number of amides is 1. The number of nitrogens with zero attached hydrogens (tertiary/aromatic N) is 2. The molecule has 0 atom stereocenters. The fraction of sp³-hybridized carbons (Fsp3) is 0.286. The molecule has 3 heteroatoms. The van der Waals surface area contributed by atoms with Gasteiger partial charge in [-0.3, -0.25) is 9.79 Å². The number of hydrogen-bond donors (Lipinski definition) is 0. The first-order valence-electron chi connectivity index (χ1n) is 5.95. The van der Waals surface area contributed by atoms with Gasteiger partial charge >= 0.3 is 0 Å². The van der Waals surface area contributed by atoms with E-state index in [1.165, 1.54) is 12.8 Å². The van der Waals surface area contributed by atoms with Gasteiger partial charge < -0.3 is 4.90 Å². The smallest absolute Gasteiger partial charge is 0.260 e. The Balaban J connectivity index is 1.86. The van der Waals surface area contributed by atoms with Crippen LogP contribution in [0.4, 0.5) is 5.69 Å². The van der Waals surface area contributed by atoms with Crippen LogP contribution < -0.4 is 0 Å². The predicted molar refractivity (Wildman–Crippen MR) is 65.4 cm³/mol. The zero-order valence-corrected chi connectivity index (χ0v) is 9.39. The van der Waals surface area contributed by atoms with Crippen molar-refractivity contribution in [2.75, 3.05) is 6.54 Å². The molecule has 1 amide bonds. The molecular weight excluding hydrogens is 212 g/mol. The van der Waals surface area contributed by atoms with Crippen LogP contribution in [0, 0.1) is 5.41 Å². The van der Waals surface area contributed by atoms with Crippen LogP contribution in [0.3, 0.4) is 0 Å². The quantitative estimate of drug-likeness (QED) is 0.666.